The lowest BCUT2D eigenvalue weighted by Gasteiger charge is -2.35. The van der Waals surface area contributed by atoms with Gasteiger partial charge < -0.3 is 9.80 Å². The third kappa shape index (κ3) is 1.96. The van der Waals surface area contributed by atoms with Gasteiger partial charge in [0.1, 0.15) is 12.1 Å². The number of aromatic nitrogens is 4. The van der Waals surface area contributed by atoms with Crippen molar-refractivity contribution in [2.45, 2.75) is 17.7 Å². The maximum atomic E-state index is 4.77. The molecule has 7 heteroatoms. The number of likely N-dealkylation sites (N-methyl/N-ethyl adjacent to an activating group) is 1. The van der Waals surface area contributed by atoms with Crippen LogP contribution in [0.1, 0.15) is 12.1 Å². The van der Waals surface area contributed by atoms with Crippen molar-refractivity contribution in [1.29, 1.82) is 0 Å². The first-order valence-corrected chi connectivity index (χ1v) is 8.10. The van der Waals surface area contributed by atoms with E-state index >= 15 is 0 Å². The van der Waals surface area contributed by atoms with Gasteiger partial charge in [0.15, 0.2) is 0 Å². The minimum atomic E-state index is 0.736. The van der Waals surface area contributed by atoms with Crippen molar-refractivity contribution in [1.82, 2.24) is 24.5 Å². The first kappa shape index (κ1) is 12.4. The number of fused-ring (bicyclic) bond motifs is 3. The topological polar surface area (TPSA) is 49.6 Å². The van der Waals surface area contributed by atoms with Gasteiger partial charge in [-0.1, -0.05) is 0 Å². The second kappa shape index (κ2) is 4.89. The largest absolute Gasteiger partial charge is 0.353 e. The molecule has 0 N–H and O–H groups in total. The predicted octanol–water partition coefficient (Wildman–Crippen LogP) is 0.914. The fourth-order valence-corrected chi connectivity index (χ4v) is 4.07. The third-order valence-corrected chi connectivity index (χ3v) is 5.30. The summed E-state index contributed by atoms with van der Waals surface area (Å²) in [5.41, 5.74) is 1.34. The highest BCUT2D eigenvalue weighted by Crippen LogP contribution is 2.37. The van der Waals surface area contributed by atoms with Crippen molar-refractivity contribution in [2.24, 2.45) is 0 Å². The third-order valence-electron chi connectivity index (χ3n) is 4.10. The molecule has 2 aliphatic heterocycles. The first-order chi connectivity index (χ1) is 9.83. The molecule has 0 unspecified atom stereocenters. The number of nitrogens with zero attached hydrogens (tertiary/aromatic N) is 6. The zero-order valence-corrected chi connectivity index (χ0v) is 12.4. The SMILES string of the molecule is CN1CCN(c2nc3nncn3c3c2SCCC3)CC1. The van der Waals surface area contributed by atoms with Gasteiger partial charge in [0.05, 0.1) is 4.90 Å². The molecule has 0 amide bonds. The first-order valence-electron chi connectivity index (χ1n) is 7.12. The molecule has 0 atom stereocenters. The maximum Gasteiger partial charge on any atom is 0.257 e. The standard InChI is InChI=1S/C13H18N6S/c1-17-4-6-18(7-5-17)12-11-10(3-2-8-20-11)19-9-14-16-13(19)15-12/h9H,2-8H2,1H3. The van der Waals surface area contributed by atoms with Crippen molar-refractivity contribution in [2.75, 3.05) is 43.9 Å². The average Bonchev–Trinajstić information content (AvgIpc) is 2.96. The summed E-state index contributed by atoms with van der Waals surface area (Å²) in [7, 11) is 2.18. The van der Waals surface area contributed by atoms with Gasteiger partial charge in [-0.2, -0.15) is 4.98 Å². The highest BCUT2D eigenvalue weighted by Gasteiger charge is 2.25. The molecular formula is C13H18N6S. The van der Waals surface area contributed by atoms with Gasteiger partial charge >= 0.3 is 0 Å². The Morgan fingerprint density at radius 2 is 2.05 bits per heavy atom. The Morgan fingerprint density at radius 1 is 1.20 bits per heavy atom. The Balaban J connectivity index is 1.82. The molecule has 0 bridgehead atoms. The van der Waals surface area contributed by atoms with E-state index in [9.17, 15) is 0 Å². The second-order valence-electron chi connectivity index (χ2n) is 5.45. The normalized spacial score (nSPS) is 20.4. The van der Waals surface area contributed by atoms with E-state index in [1.165, 1.54) is 22.8 Å². The molecule has 2 aromatic rings. The minimum Gasteiger partial charge on any atom is -0.353 e. The Kier molecular flexibility index (Phi) is 3.03. The molecule has 20 heavy (non-hydrogen) atoms. The Labute approximate surface area is 122 Å². The van der Waals surface area contributed by atoms with Crippen LogP contribution in [0.25, 0.3) is 5.78 Å². The smallest absolute Gasteiger partial charge is 0.257 e. The second-order valence-corrected chi connectivity index (χ2v) is 6.56. The molecule has 6 nitrogen and oxygen atoms in total. The van der Waals surface area contributed by atoms with Gasteiger partial charge in [0.2, 0.25) is 0 Å². The van der Waals surface area contributed by atoms with Crippen molar-refractivity contribution < 1.29 is 0 Å². The van der Waals surface area contributed by atoms with Crippen molar-refractivity contribution in [3.05, 3.63) is 12.0 Å². The van der Waals surface area contributed by atoms with Crippen molar-refractivity contribution in [3.8, 4) is 0 Å². The van der Waals surface area contributed by atoms with Gasteiger partial charge in [-0.25, -0.2) is 0 Å². The summed E-state index contributed by atoms with van der Waals surface area (Å²) < 4.78 is 2.06. The lowest BCUT2D eigenvalue weighted by molar-refractivity contribution is 0.311. The molecule has 106 valence electrons. The van der Waals surface area contributed by atoms with E-state index in [0.717, 1.165) is 44.2 Å². The fourth-order valence-electron chi connectivity index (χ4n) is 2.91. The molecule has 0 aromatic carbocycles. The van der Waals surface area contributed by atoms with Crippen LogP contribution in [-0.4, -0.2) is 63.5 Å². The van der Waals surface area contributed by atoms with E-state index in [2.05, 4.69) is 31.4 Å². The molecule has 2 aromatic heterocycles. The summed E-state index contributed by atoms with van der Waals surface area (Å²) in [6, 6.07) is 0. The molecule has 0 spiro atoms. The van der Waals surface area contributed by atoms with Gasteiger partial charge in [-0.15, -0.1) is 22.0 Å². The van der Waals surface area contributed by atoms with E-state index in [-0.39, 0.29) is 0 Å². The van der Waals surface area contributed by atoms with E-state index in [0.29, 0.717) is 0 Å². The van der Waals surface area contributed by atoms with Crippen molar-refractivity contribution >= 4 is 23.4 Å². The molecular weight excluding hydrogens is 272 g/mol. The lowest BCUT2D eigenvalue weighted by Crippen LogP contribution is -2.45. The molecule has 4 heterocycles. The molecule has 0 aliphatic carbocycles. The van der Waals surface area contributed by atoms with Gasteiger partial charge in [-0.3, -0.25) is 4.40 Å². The minimum absolute atomic E-state index is 0.736. The molecule has 0 saturated carbocycles. The van der Waals surface area contributed by atoms with E-state index in [4.69, 9.17) is 4.98 Å². The summed E-state index contributed by atoms with van der Waals surface area (Å²) in [6.45, 7) is 4.28. The van der Waals surface area contributed by atoms with E-state index in [1.807, 2.05) is 11.8 Å². The summed E-state index contributed by atoms with van der Waals surface area (Å²) >= 11 is 1.93. The zero-order chi connectivity index (χ0) is 13.5. The van der Waals surface area contributed by atoms with Crippen LogP contribution >= 0.6 is 11.8 Å². The number of aryl methyl sites for hydroxylation is 1. The number of rotatable bonds is 1. The van der Waals surface area contributed by atoms with Crippen molar-refractivity contribution in [3.63, 3.8) is 0 Å². The summed E-state index contributed by atoms with van der Waals surface area (Å²) in [5, 5.41) is 8.17. The molecule has 4 rings (SSSR count). The summed E-state index contributed by atoms with van der Waals surface area (Å²) in [6.07, 6.45) is 4.11. The summed E-state index contributed by atoms with van der Waals surface area (Å²) in [4.78, 5) is 10.9. The van der Waals surface area contributed by atoms with Crippen LogP contribution in [0.5, 0.6) is 0 Å². The highest BCUT2D eigenvalue weighted by molar-refractivity contribution is 7.99. The monoisotopic (exact) mass is 290 g/mol. The molecule has 0 radical (unpaired) electrons. The van der Waals surface area contributed by atoms with Crippen LogP contribution < -0.4 is 4.90 Å². The number of hydrogen-bond donors (Lipinski definition) is 0. The van der Waals surface area contributed by atoms with Crippen LogP contribution in [-0.2, 0) is 6.42 Å². The van der Waals surface area contributed by atoms with Gasteiger partial charge in [0.25, 0.3) is 5.78 Å². The quantitative estimate of drug-likeness (QED) is 0.778. The fraction of sp³-hybridized carbons (Fsp3) is 0.615. The summed E-state index contributed by atoms with van der Waals surface area (Å²) in [5.74, 6) is 3.04. The van der Waals surface area contributed by atoms with E-state index in [1.54, 1.807) is 6.33 Å². The Bertz CT molecular complexity index is 631. The van der Waals surface area contributed by atoms with Gasteiger partial charge in [0, 0.05) is 31.9 Å². The zero-order valence-electron chi connectivity index (χ0n) is 11.6. The number of piperazine rings is 1. The van der Waals surface area contributed by atoms with Crippen LogP contribution in [0.2, 0.25) is 0 Å². The number of hydrogen-bond acceptors (Lipinski definition) is 6. The molecule has 2 aliphatic rings. The van der Waals surface area contributed by atoms with Crippen LogP contribution in [0.4, 0.5) is 5.82 Å². The lowest BCUT2D eigenvalue weighted by atomic mass is 10.2. The number of thioether (sulfide) groups is 1. The van der Waals surface area contributed by atoms with E-state index < -0.39 is 0 Å². The average molecular weight is 290 g/mol. The molecule has 1 fully saturated rings. The van der Waals surface area contributed by atoms with Crippen LogP contribution in [0.3, 0.4) is 0 Å². The Morgan fingerprint density at radius 3 is 2.90 bits per heavy atom. The molecule has 1 saturated heterocycles. The maximum absolute atomic E-state index is 4.77. The van der Waals surface area contributed by atoms with Crippen LogP contribution in [0.15, 0.2) is 11.2 Å². The highest BCUT2D eigenvalue weighted by atomic mass is 32.2. The van der Waals surface area contributed by atoms with Crippen LogP contribution in [0, 0.1) is 0 Å². The number of anilines is 1. The Hall–Kier alpha value is -1.34. The van der Waals surface area contributed by atoms with Gasteiger partial charge in [-0.05, 0) is 25.6 Å². The predicted molar refractivity (Wildman–Crippen MR) is 79.5 cm³/mol.